The summed E-state index contributed by atoms with van der Waals surface area (Å²) in [4.78, 5) is 15.3. The molecular weight excluding hydrogens is 314 g/mol. The van der Waals surface area contributed by atoms with Crippen molar-refractivity contribution in [2.75, 3.05) is 26.3 Å². The van der Waals surface area contributed by atoms with E-state index in [1.807, 2.05) is 6.07 Å². The zero-order valence-corrected chi connectivity index (χ0v) is 14.4. The summed E-state index contributed by atoms with van der Waals surface area (Å²) in [5, 5.41) is 21.3. The van der Waals surface area contributed by atoms with Gasteiger partial charge in [0.2, 0.25) is 0 Å². The van der Waals surface area contributed by atoms with Crippen LogP contribution < -0.4 is 0 Å². The molecule has 2 N–H and O–H groups in total. The molecule has 1 fully saturated rings. The summed E-state index contributed by atoms with van der Waals surface area (Å²) in [5.41, 5.74) is 3.54. The van der Waals surface area contributed by atoms with E-state index in [0.717, 1.165) is 43.2 Å². The van der Waals surface area contributed by atoms with Crippen molar-refractivity contribution < 1.29 is 15.0 Å². The molecule has 4 rings (SSSR count). The number of benzene rings is 2. The van der Waals surface area contributed by atoms with Crippen molar-refractivity contribution in [3.63, 3.8) is 0 Å². The molecule has 2 aliphatic rings. The van der Waals surface area contributed by atoms with Crippen LogP contribution in [-0.2, 0) is 12.8 Å². The van der Waals surface area contributed by atoms with E-state index < -0.39 is 0 Å². The highest BCUT2D eigenvalue weighted by Crippen LogP contribution is 2.34. The Morgan fingerprint density at radius 2 is 1.88 bits per heavy atom. The van der Waals surface area contributed by atoms with Gasteiger partial charge in [-0.05, 0) is 54.1 Å². The topological polar surface area (TPSA) is 60.8 Å². The molecule has 1 aliphatic heterocycles. The van der Waals surface area contributed by atoms with Gasteiger partial charge in [-0.15, -0.1) is 0 Å². The van der Waals surface area contributed by atoms with Gasteiger partial charge >= 0.3 is 0 Å². The molecule has 0 saturated carbocycles. The Morgan fingerprint density at radius 1 is 1.12 bits per heavy atom. The molecule has 0 amide bonds. The maximum atomic E-state index is 13.2. The van der Waals surface area contributed by atoms with Gasteiger partial charge in [0.15, 0.2) is 5.78 Å². The Hall–Kier alpha value is -1.75. The average Bonchev–Trinajstić information content (AvgIpc) is 3.08. The van der Waals surface area contributed by atoms with Gasteiger partial charge in [0, 0.05) is 18.0 Å². The van der Waals surface area contributed by atoms with Crippen LogP contribution >= 0.6 is 0 Å². The lowest BCUT2D eigenvalue weighted by molar-refractivity contribution is 0.0409. The number of piperidine rings is 1. The summed E-state index contributed by atoms with van der Waals surface area (Å²) in [5.74, 6) is 0.141. The molecule has 1 heterocycles. The first-order chi connectivity index (χ1) is 12.2. The monoisotopic (exact) mass is 339 g/mol. The minimum Gasteiger partial charge on any atom is -0.395 e. The number of likely N-dealkylation sites (tertiary alicyclic amines) is 1. The molecule has 1 unspecified atom stereocenters. The smallest absolute Gasteiger partial charge is 0.167 e. The van der Waals surface area contributed by atoms with Gasteiger partial charge in [-0.2, -0.15) is 0 Å². The van der Waals surface area contributed by atoms with Gasteiger partial charge in [0.1, 0.15) is 0 Å². The van der Waals surface area contributed by atoms with Gasteiger partial charge in [0.05, 0.1) is 19.3 Å². The van der Waals surface area contributed by atoms with Crippen LogP contribution in [0.1, 0.15) is 34.3 Å². The van der Waals surface area contributed by atoms with Crippen molar-refractivity contribution in [2.24, 2.45) is 5.92 Å². The lowest BCUT2D eigenvalue weighted by Gasteiger charge is -2.36. The Morgan fingerprint density at radius 3 is 2.64 bits per heavy atom. The molecule has 0 bridgehead atoms. The molecular formula is C21H25NO3. The van der Waals surface area contributed by atoms with Crippen LogP contribution in [0.4, 0.5) is 0 Å². The first kappa shape index (κ1) is 16.7. The third kappa shape index (κ3) is 2.88. The summed E-state index contributed by atoms with van der Waals surface area (Å²) in [6, 6.07) is 10.2. The maximum Gasteiger partial charge on any atom is 0.167 e. The number of nitrogens with zero attached hydrogens (tertiary/aromatic N) is 1. The Kier molecular flexibility index (Phi) is 4.59. The fourth-order valence-electron chi connectivity index (χ4n) is 4.52. The van der Waals surface area contributed by atoms with Gasteiger partial charge in [0.25, 0.3) is 0 Å². The van der Waals surface area contributed by atoms with Gasteiger partial charge < -0.3 is 10.2 Å². The number of aliphatic hydroxyl groups is 2. The summed E-state index contributed by atoms with van der Waals surface area (Å²) in [7, 11) is 0. The second-order valence-corrected chi connectivity index (χ2v) is 7.33. The van der Waals surface area contributed by atoms with E-state index in [0.29, 0.717) is 6.54 Å². The number of hydrogen-bond donors (Lipinski definition) is 2. The zero-order valence-electron chi connectivity index (χ0n) is 14.4. The first-order valence-electron chi connectivity index (χ1n) is 9.26. The van der Waals surface area contributed by atoms with Crippen LogP contribution in [0.2, 0.25) is 0 Å². The zero-order chi connectivity index (χ0) is 17.4. The Bertz CT molecular complexity index is 787. The van der Waals surface area contributed by atoms with Crippen LogP contribution in [0, 0.1) is 5.92 Å². The molecule has 2 aromatic rings. The number of ketones is 1. The quantitative estimate of drug-likeness (QED) is 0.820. The van der Waals surface area contributed by atoms with E-state index in [1.54, 1.807) is 0 Å². The largest absolute Gasteiger partial charge is 0.395 e. The van der Waals surface area contributed by atoms with E-state index in [4.69, 9.17) is 0 Å². The third-order valence-corrected chi connectivity index (χ3v) is 5.90. The van der Waals surface area contributed by atoms with Gasteiger partial charge in [-0.25, -0.2) is 0 Å². The van der Waals surface area contributed by atoms with E-state index >= 15 is 0 Å². The fourth-order valence-corrected chi connectivity index (χ4v) is 4.52. The van der Waals surface area contributed by atoms with E-state index in [2.05, 4.69) is 29.2 Å². The molecule has 0 aromatic heterocycles. The Labute approximate surface area is 148 Å². The fraction of sp³-hybridized carbons (Fsp3) is 0.476. The molecule has 4 heteroatoms. The standard InChI is InChI=1S/C21H25NO3/c23-12-17(13-24)22-10-2-4-16(11-22)21(25)19-9-8-15-7-6-14-3-1-5-18(19)20(14)15/h1,3,5,8-9,16-17,23-24H,2,4,6-7,10-13H2. The molecule has 1 atom stereocenters. The average molecular weight is 339 g/mol. The van der Waals surface area contributed by atoms with Crippen LogP contribution in [-0.4, -0.2) is 53.2 Å². The summed E-state index contributed by atoms with van der Waals surface area (Å²) < 4.78 is 0. The van der Waals surface area contributed by atoms with Crippen molar-refractivity contribution in [1.29, 1.82) is 0 Å². The number of carbonyl (C=O) groups is 1. The SMILES string of the molecule is O=C(c1ccc2c3c(cccc13)CC2)C1CCCN(C(CO)CO)C1. The van der Waals surface area contributed by atoms with E-state index in [9.17, 15) is 15.0 Å². The predicted octanol–water partition coefficient (Wildman–Crippen LogP) is 2.19. The second kappa shape index (κ2) is 6.87. The van der Waals surface area contributed by atoms with Crippen molar-refractivity contribution in [1.82, 2.24) is 4.90 Å². The van der Waals surface area contributed by atoms with Crippen molar-refractivity contribution in [3.8, 4) is 0 Å². The highest BCUT2D eigenvalue weighted by atomic mass is 16.3. The number of hydrogen-bond acceptors (Lipinski definition) is 4. The molecule has 0 radical (unpaired) electrons. The number of Topliss-reactive ketones (excluding diaryl/α,β-unsaturated/α-hetero) is 1. The van der Waals surface area contributed by atoms with Crippen LogP contribution in [0.25, 0.3) is 10.8 Å². The minimum atomic E-state index is -0.261. The van der Waals surface area contributed by atoms with E-state index in [-0.39, 0.29) is 31.0 Å². The van der Waals surface area contributed by atoms with Crippen LogP contribution in [0.3, 0.4) is 0 Å². The van der Waals surface area contributed by atoms with Gasteiger partial charge in [-0.3, -0.25) is 9.69 Å². The molecule has 0 spiro atoms. The number of aliphatic hydroxyl groups excluding tert-OH is 2. The van der Waals surface area contributed by atoms with E-state index in [1.165, 1.54) is 16.5 Å². The number of rotatable bonds is 5. The normalized spacial score (nSPS) is 20.5. The maximum absolute atomic E-state index is 13.2. The molecule has 1 saturated heterocycles. The minimum absolute atomic E-state index is 0.0622. The number of aryl methyl sites for hydroxylation is 2. The molecule has 2 aromatic carbocycles. The van der Waals surface area contributed by atoms with Crippen LogP contribution in [0.15, 0.2) is 30.3 Å². The highest BCUT2D eigenvalue weighted by Gasteiger charge is 2.31. The molecule has 4 nitrogen and oxygen atoms in total. The summed E-state index contributed by atoms with van der Waals surface area (Å²) in [6.07, 6.45) is 3.93. The molecule has 1 aliphatic carbocycles. The van der Waals surface area contributed by atoms with Crippen LogP contribution in [0.5, 0.6) is 0 Å². The predicted molar refractivity (Wildman–Crippen MR) is 97.9 cm³/mol. The van der Waals surface area contributed by atoms with Gasteiger partial charge in [-0.1, -0.05) is 30.3 Å². The Balaban J connectivity index is 1.64. The summed E-state index contributed by atoms with van der Waals surface area (Å²) >= 11 is 0. The highest BCUT2D eigenvalue weighted by molar-refractivity contribution is 6.11. The number of carbonyl (C=O) groups excluding carboxylic acids is 1. The van der Waals surface area contributed by atoms with Crippen molar-refractivity contribution >= 4 is 16.6 Å². The van der Waals surface area contributed by atoms with Crippen molar-refractivity contribution in [3.05, 3.63) is 47.0 Å². The lowest BCUT2D eigenvalue weighted by atomic mass is 9.86. The molecule has 132 valence electrons. The summed E-state index contributed by atoms with van der Waals surface area (Å²) in [6.45, 7) is 1.31. The third-order valence-electron chi connectivity index (χ3n) is 5.90. The lowest BCUT2D eigenvalue weighted by Crippen LogP contribution is -2.47. The molecule has 25 heavy (non-hydrogen) atoms. The second-order valence-electron chi connectivity index (χ2n) is 7.33. The first-order valence-corrected chi connectivity index (χ1v) is 9.26. The van der Waals surface area contributed by atoms with Crippen molar-refractivity contribution in [2.45, 2.75) is 31.7 Å².